The van der Waals surface area contributed by atoms with Crippen LogP contribution in [-0.2, 0) is 0 Å². The first-order valence-corrected chi connectivity index (χ1v) is 16.5. The van der Waals surface area contributed by atoms with Gasteiger partial charge in [-0.1, -0.05) is 92.8 Å². The first-order chi connectivity index (χ1) is 20.5. The van der Waals surface area contributed by atoms with Crippen molar-refractivity contribution in [3.8, 4) is 11.1 Å². The fraction of sp³-hybridized carbons (Fsp3) is 0.405. The molecule has 0 radical (unpaired) electrons. The highest BCUT2D eigenvalue weighted by atomic mass is 32.2. The van der Waals surface area contributed by atoms with Crippen molar-refractivity contribution in [3.05, 3.63) is 108 Å². The molecule has 4 nitrogen and oxygen atoms in total. The number of rotatable bonds is 18. The van der Waals surface area contributed by atoms with Gasteiger partial charge < -0.3 is 20.4 Å². The van der Waals surface area contributed by atoms with Gasteiger partial charge in [-0.15, -0.1) is 11.8 Å². The van der Waals surface area contributed by atoms with Crippen LogP contribution in [0.5, 0.6) is 0 Å². The third-order valence-corrected chi connectivity index (χ3v) is 8.54. The molecule has 0 saturated carbocycles. The van der Waals surface area contributed by atoms with E-state index in [4.69, 9.17) is 0 Å². The molecule has 1 aliphatic rings. The molecule has 0 aliphatic heterocycles. The van der Waals surface area contributed by atoms with Gasteiger partial charge in [-0.25, -0.2) is 0 Å². The summed E-state index contributed by atoms with van der Waals surface area (Å²) in [6, 6.07) is 17.9. The van der Waals surface area contributed by atoms with E-state index < -0.39 is 0 Å². The van der Waals surface area contributed by atoms with E-state index in [-0.39, 0.29) is 0 Å². The summed E-state index contributed by atoms with van der Waals surface area (Å²) < 4.78 is 0. The maximum atomic E-state index is 4.46. The molecule has 0 fully saturated rings. The van der Waals surface area contributed by atoms with Gasteiger partial charge in [-0.3, -0.25) is 0 Å². The number of likely N-dealkylation sites (N-methyl/N-ethyl adjacent to an activating group) is 1. The van der Waals surface area contributed by atoms with Crippen LogP contribution in [0.1, 0.15) is 57.1 Å². The summed E-state index contributed by atoms with van der Waals surface area (Å²) in [5, 5.41) is 6.48. The number of hydrogen-bond donors (Lipinski definition) is 2. The molecule has 0 aromatic heterocycles. The Balaban J connectivity index is 1.62. The predicted octanol–water partition coefficient (Wildman–Crippen LogP) is 8.40. The van der Waals surface area contributed by atoms with Gasteiger partial charge in [0, 0.05) is 68.9 Å². The van der Waals surface area contributed by atoms with Gasteiger partial charge in [-0.05, 0) is 67.1 Å². The van der Waals surface area contributed by atoms with Crippen LogP contribution in [0.25, 0.3) is 21.6 Å². The van der Waals surface area contributed by atoms with Crippen LogP contribution in [-0.4, -0.2) is 62.9 Å². The van der Waals surface area contributed by atoms with Crippen LogP contribution in [0.15, 0.2) is 97.0 Å². The average Bonchev–Trinajstić information content (AvgIpc) is 3.01. The quantitative estimate of drug-likeness (QED) is 0.184. The summed E-state index contributed by atoms with van der Waals surface area (Å²) in [4.78, 5) is 6.11. The van der Waals surface area contributed by atoms with Gasteiger partial charge in [0.1, 0.15) is 0 Å². The van der Waals surface area contributed by atoms with E-state index in [1.165, 1.54) is 44.0 Å². The molecule has 226 valence electrons. The number of nitrogens with zero attached hydrogens (tertiary/aromatic N) is 2. The molecule has 3 rings (SSSR count). The Kier molecular flexibility index (Phi) is 14.6. The second-order valence-corrected chi connectivity index (χ2v) is 12.2. The Bertz CT molecular complexity index is 1220. The number of allylic oxidation sites excluding steroid dienone is 4. The van der Waals surface area contributed by atoms with Gasteiger partial charge in [0.15, 0.2) is 0 Å². The molecule has 0 unspecified atom stereocenters. The summed E-state index contributed by atoms with van der Waals surface area (Å²) in [6.45, 7) is 13.0. The molecule has 0 heterocycles. The summed E-state index contributed by atoms with van der Waals surface area (Å²) in [7, 11) is 6.13. The third kappa shape index (κ3) is 10.6. The molecular formula is C37H52N4S. The zero-order valence-electron chi connectivity index (χ0n) is 26.6. The van der Waals surface area contributed by atoms with E-state index in [0.29, 0.717) is 0 Å². The molecule has 0 bridgehead atoms. The van der Waals surface area contributed by atoms with Gasteiger partial charge in [0.25, 0.3) is 0 Å². The number of nitrogens with one attached hydrogen (secondary N) is 2. The lowest BCUT2D eigenvalue weighted by Crippen LogP contribution is -2.26. The largest absolute Gasteiger partial charge is 0.394 e. The van der Waals surface area contributed by atoms with Gasteiger partial charge in [-0.2, -0.15) is 0 Å². The standard InChI is InChI=1S/C37H52N4S/c1-7-22-40(6)29-36(27-38-4)34-16-14-32(15-17-34)33-18-20-35(21-19-33)37(28-39-5)42-25-24-41(23-8-2)30(3)26-31-12-10-9-11-13-31/h9-10,12,14-21,27-28,38-39H,3,7-8,11,13,22-26,29H2,1-2,4-6H3/b36-27+,37-28-. The molecule has 2 aromatic carbocycles. The Morgan fingerprint density at radius 3 is 2.10 bits per heavy atom. The molecule has 5 heteroatoms. The highest BCUT2D eigenvalue weighted by Gasteiger charge is 2.12. The normalized spacial score (nSPS) is 13.7. The summed E-state index contributed by atoms with van der Waals surface area (Å²) in [5.74, 6) is 1.02. The maximum absolute atomic E-state index is 4.46. The molecule has 0 atom stereocenters. The van der Waals surface area contributed by atoms with E-state index in [0.717, 1.165) is 64.0 Å². The molecule has 42 heavy (non-hydrogen) atoms. The zero-order valence-corrected chi connectivity index (χ0v) is 27.4. The van der Waals surface area contributed by atoms with Crippen molar-refractivity contribution in [2.75, 3.05) is 53.1 Å². The van der Waals surface area contributed by atoms with E-state index in [1.54, 1.807) is 0 Å². The summed E-state index contributed by atoms with van der Waals surface area (Å²) in [5.41, 5.74) is 9.02. The second kappa shape index (κ2) is 18.4. The van der Waals surface area contributed by atoms with Gasteiger partial charge >= 0.3 is 0 Å². The van der Waals surface area contributed by atoms with E-state index >= 15 is 0 Å². The van der Waals surface area contributed by atoms with Gasteiger partial charge in [0.05, 0.1) is 0 Å². The maximum Gasteiger partial charge on any atom is 0.0302 e. The first-order valence-electron chi connectivity index (χ1n) is 15.5. The van der Waals surface area contributed by atoms with E-state index in [2.05, 4.69) is 127 Å². The highest BCUT2D eigenvalue weighted by molar-refractivity contribution is 8.08. The lowest BCUT2D eigenvalue weighted by Gasteiger charge is -2.27. The summed E-state index contributed by atoms with van der Waals surface area (Å²) in [6.07, 6.45) is 16.5. The minimum atomic E-state index is 0.932. The molecule has 2 aromatic rings. The Labute approximate surface area is 260 Å². The molecule has 0 spiro atoms. The lowest BCUT2D eigenvalue weighted by molar-refractivity contribution is 0.358. The van der Waals surface area contributed by atoms with E-state index in [9.17, 15) is 0 Å². The van der Waals surface area contributed by atoms with Crippen molar-refractivity contribution in [2.45, 2.75) is 46.0 Å². The van der Waals surface area contributed by atoms with Gasteiger partial charge in [0.2, 0.25) is 0 Å². The molecule has 0 amide bonds. The molecule has 1 aliphatic carbocycles. The average molecular weight is 585 g/mol. The molecule has 2 N–H and O–H groups in total. The lowest BCUT2D eigenvalue weighted by atomic mass is 9.99. The minimum Gasteiger partial charge on any atom is -0.394 e. The van der Waals surface area contributed by atoms with Crippen molar-refractivity contribution in [3.63, 3.8) is 0 Å². The van der Waals surface area contributed by atoms with Crippen molar-refractivity contribution >= 4 is 22.2 Å². The SMILES string of the molecule is C=C(CC1=CC=CCC1)N(CCC)CCS/C(=C\NC)c1ccc(-c2ccc(/C(=C/NC)CN(C)CCC)cc2)cc1. The van der Waals surface area contributed by atoms with Crippen LogP contribution < -0.4 is 10.6 Å². The van der Waals surface area contributed by atoms with Crippen molar-refractivity contribution in [1.29, 1.82) is 0 Å². The Hall–Kier alpha value is -3.15. The fourth-order valence-corrected chi connectivity index (χ4v) is 6.36. The first kappa shape index (κ1) is 33.4. The summed E-state index contributed by atoms with van der Waals surface area (Å²) >= 11 is 1.91. The minimum absolute atomic E-state index is 0.932. The fourth-order valence-electron chi connectivity index (χ4n) is 5.33. The van der Waals surface area contributed by atoms with Crippen molar-refractivity contribution in [1.82, 2.24) is 20.4 Å². The smallest absolute Gasteiger partial charge is 0.0302 e. The van der Waals surface area contributed by atoms with Crippen LogP contribution in [0.4, 0.5) is 0 Å². The monoisotopic (exact) mass is 584 g/mol. The Morgan fingerprint density at radius 1 is 0.881 bits per heavy atom. The third-order valence-electron chi connectivity index (χ3n) is 7.49. The highest BCUT2D eigenvalue weighted by Crippen LogP contribution is 2.30. The topological polar surface area (TPSA) is 30.5 Å². The van der Waals surface area contributed by atoms with Crippen molar-refractivity contribution < 1.29 is 0 Å². The van der Waals surface area contributed by atoms with Crippen molar-refractivity contribution in [2.24, 2.45) is 0 Å². The number of hydrogen-bond acceptors (Lipinski definition) is 5. The van der Waals surface area contributed by atoms with Crippen LogP contribution in [0.3, 0.4) is 0 Å². The second-order valence-electron chi connectivity index (χ2n) is 11.0. The zero-order chi connectivity index (χ0) is 30.2. The molecular weight excluding hydrogens is 533 g/mol. The Morgan fingerprint density at radius 2 is 1.52 bits per heavy atom. The predicted molar refractivity (Wildman–Crippen MR) is 188 cm³/mol. The van der Waals surface area contributed by atoms with Crippen LogP contribution in [0.2, 0.25) is 0 Å². The number of thioether (sulfide) groups is 1. The van der Waals surface area contributed by atoms with E-state index in [1.807, 2.05) is 25.9 Å². The van der Waals surface area contributed by atoms with Crippen LogP contribution >= 0.6 is 11.8 Å². The van der Waals surface area contributed by atoms with Crippen LogP contribution in [0, 0.1) is 0 Å². The molecule has 0 saturated heterocycles. The number of benzene rings is 2.